The molecule has 0 aromatic rings. The zero-order valence-corrected chi connectivity index (χ0v) is 4.47. The maximum Gasteiger partial charge on any atom is 0.240 e. The lowest BCUT2D eigenvalue weighted by Crippen LogP contribution is -2.20. The van der Waals surface area contributed by atoms with Crippen molar-refractivity contribution in [1.29, 1.82) is 5.26 Å². The molecule has 0 aliphatic heterocycles. The summed E-state index contributed by atoms with van der Waals surface area (Å²) in [5.74, 6) is -0.305. The fourth-order valence-corrected chi connectivity index (χ4v) is 0.170. The van der Waals surface area contributed by atoms with Crippen LogP contribution >= 0.6 is 0 Å². The summed E-state index contributed by atoms with van der Waals surface area (Å²) < 4.78 is 0. The highest BCUT2D eigenvalue weighted by molar-refractivity contribution is 5.71. The van der Waals surface area contributed by atoms with Crippen LogP contribution in [0.5, 0.6) is 0 Å². The van der Waals surface area contributed by atoms with Crippen LogP contribution in [0.2, 0.25) is 0 Å². The van der Waals surface area contributed by atoms with E-state index in [9.17, 15) is 4.79 Å². The molecule has 0 spiro atoms. The van der Waals surface area contributed by atoms with Gasteiger partial charge in [0.1, 0.15) is 0 Å². The predicted molar refractivity (Wildman–Crippen MR) is 25.4 cm³/mol. The molecular weight excluding hydrogens is 108 g/mol. The zero-order valence-electron chi connectivity index (χ0n) is 4.47. The quantitative estimate of drug-likeness (QED) is 0.391. The molecule has 4 nitrogen and oxygen atoms in total. The molecule has 0 aromatic heterocycles. The summed E-state index contributed by atoms with van der Waals surface area (Å²) >= 11 is 0. The Bertz CT molecular complexity index is 116. The highest BCUT2D eigenvalue weighted by Gasteiger charge is 1.85. The van der Waals surface area contributed by atoms with Crippen LogP contribution in [0.1, 0.15) is 6.92 Å². The first-order valence-corrected chi connectivity index (χ1v) is 2.02. The van der Waals surface area contributed by atoms with Gasteiger partial charge >= 0.3 is 0 Å². The molecule has 0 aliphatic carbocycles. The van der Waals surface area contributed by atoms with Crippen molar-refractivity contribution in [2.24, 2.45) is 0 Å². The average Bonchev–Trinajstić information content (AvgIpc) is 1.66. The molecule has 4 heteroatoms. The van der Waals surface area contributed by atoms with Crippen molar-refractivity contribution in [1.82, 2.24) is 5.48 Å². The lowest BCUT2D eigenvalue weighted by atomic mass is 10.8. The van der Waals surface area contributed by atoms with Gasteiger partial charge in [-0.1, -0.05) is 0 Å². The van der Waals surface area contributed by atoms with Gasteiger partial charge < -0.3 is 0 Å². The summed E-state index contributed by atoms with van der Waals surface area (Å²) in [6.45, 7) is 1.19. The smallest absolute Gasteiger partial charge is 0.240 e. The molecule has 0 atom stereocenters. The summed E-state index contributed by atoms with van der Waals surface area (Å²) in [6.07, 6.45) is 0. The van der Waals surface area contributed by atoms with Gasteiger partial charge in [0.05, 0.1) is 6.07 Å². The van der Waals surface area contributed by atoms with E-state index in [0.717, 1.165) is 0 Å². The van der Waals surface area contributed by atoms with E-state index >= 15 is 0 Å². The molecule has 0 fully saturated rings. The molecule has 1 amide bonds. The third-order valence-corrected chi connectivity index (χ3v) is 0.353. The normalized spacial score (nSPS) is 7.50. The number of nitrogens with one attached hydrogen (secondary N) is 1. The van der Waals surface area contributed by atoms with Gasteiger partial charge in [-0.25, -0.2) is 5.48 Å². The summed E-state index contributed by atoms with van der Waals surface area (Å²) in [4.78, 5) is 14.3. The fraction of sp³-hybridized carbons (Fsp3) is 0.500. The molecule has 0 rings (SSSR count). The Kier molecular flexibility index (Phi) is 3.54. The van der Waals surface area contributed by atoms with Gasteiger partial charge in [-0.3, -0.25) is 9.63 Å². The minimum Gasteiger partial charge on any atom is -0.273 e. The van der Waals surface area contributed by atoms with Crippen LogP contribution in [0.15, 0.2) is 0 Å². The number of hydroxylamine groups is 1. The summed E-state index contributed by atoms with van der Waals surface area (Å²) in [6, 6.07) is 1.69. The van der Waals surface area contributed by atoms with Crippen molar-refractivity contribution in [3.8, 4) is 6.07 Å². The summed E-state index contributed by atoms with van der Waals surface area (Å²) in [5, 5.41) is 7.85. The van der Waals surface area contributed by atoms with Crippen LogP contribution in [-0.4, -0.2) is 12.5 Å². The fourth-order valence-electron chi connectivity index (χ4n) is 0.170. The van der Waals surface area contributed by atoms with Crippen LogP contribution in [0.3, 0.4) is 0 Å². The number of hydrogen-bond donors (Lipinski definition) is 1. The predicted octanol–water partition coefficient (Wildman–Crippen LogP) is -0.422. The Morgan fingerprint density at radius 3 is 3.00 bits per heavy atom. The lowest BCUT2D eigenvalue weighted by Gasteiger charge is -1.93. The van der Waals surface area contributed by atoms with Gasteiger partial charge in [0.15, 0.2) is 6.61 Å². The maximum absolute atomic E-state index is 9.97. The maximum atomic E-state index is 9.97. The SMILES string of the molecule is CC(=O)NOCC#N. The second-order valence-electron chi connectivity index (χ2n) is 1.11. The van der Waals surface area contributed by atoms with E-state index in [2.05, 4.69) is 4.84 Å². The van der Waals surface area contributed by atoms with Crippen molar-refractivity contribution < 1.29 is 9.63 Å². The second-order valence-corrected chi connectivity index (χ2v) is 1.11. The number of rotatable bonds is 2. The Balaban J connectivity index is 2.97. The zero-order chi connectivity index (χ0) is 6.41. The van der Waals surface area contributed by atoms with Crippen molar-refractivity contribution in [2.75, 3.05) is 6.61 Å². The van der Waals surface area contributed by atoms with E-state index in [-0.39, 0.29) is 12.5 Å². The van der Waals surface area contributed by atoms with Gasteiger partial charge in [-0.05, 0) is 0 Å². The average molecular weight is 114 g/mol. The standard InChI is InChI=1S/C4H6N2O2/c1-4(7)6-8-3-2-5/h3H2,1H3,(H,6,7). The third kappa shape index (κ3) is 4.92. The molecule has 0 radical (unpaired) electrons. The van der Waals surface area contributed by atoms with E-state index in [1.807, 2.05) is 5.48 Å². The molecular formula is C4H6N2O2. The van der Waals surface area contributed by atoms with Gasteiger partial charge in [0.2, 0.25) is 5.91 Å². The van der Waals surface area contributed by atoms with E-state index in [4.69, 9.17) is 5.26 Å². The Morgan fingerprint density at radius 2 is 2.62 bits per heavy atom. The molecule has 0 saturated carbocycles. The van der Waals surface area contributed by atoms with Crippen LogP contribution < -0.4 is 5.48 Å². The highest BCUT2D eigenvalue weighted by atomic mass is 16.6. The minimum absolute atomic E-state index is 0.112. The van der Waals surface area contributed by atoms with Crippen molar-refractivity contribution in [2.45, 2.75) is 6.92 Å². The molecule has 0 unspecified atom stereocenters. The summed E-state index contributed by atoms with van der Waals surface area (Å²) in [5.41, 5.74) is 1.98. The van der Waals surface area contributed by atoms with Crippen LogP contribution in [0.25, 0.3) is 0 Å². The topological polar surface area (TPSA) is 62.1 Å². The van der Waals surface area contributed by atoms with Crippen molar-refractivity contribution in [3.05, 3.63) is 0 Å². The lowest BCUT2D eigenvalue weighted by molar-refractivity contribution is -0.130. The molecule has 0 aliphatic rings. The largest absolute Gasteiger partial charge is 0.273 e. The summed E-state index contributed by atoms with van der Waals surface area (Å²) in [7, 11) is 0. The minimum atomic E-state index is -0.305. The first-order valence-electron chi connectivity index (χ1n) is 2.02. The van der Waals surface area contributed by atoms with E-state index in [0.29, 0.717) is 0 Å². The van der Waals surface area contributed by atoms with Gasteiger partial charge in [0, 0.05) is 6.92 Å². The molecule has 44 valence electrons. The number of amides is 1. The van der Waals surface area contributed by atoms with Crippen molar-refractivity contribution >= 4 is 5.91 Å². The Labute approximate surface area is 47.0 Å². The van der Waals surface area contributed by atoms with Crippen LogP contribution in [0.4, 0.5) is 0 Å². The van der Waals surface area contributed by atoms with Crippen molar-refractivity contribution in [3.63, 3.8) is 0 Å². The molecule has 0 saturated heterocycles. The Morgan fingerprint density at radius 1 is 2.00 bits per heavy atom. The van der Waals surface area contributed by atoms with Gasteiger partial charge in [0.25, 0.3) is 0 Å². The first kappa shape index (κ1) is 6.92. The monoisotopic (exact) mass is 114 g/mol. The van der Waals surface area contributed by atoms with Crippen LogP contribution in [-0.2, 0) is 9.63 Å². The number of nitrogens with zero attached hydrogens (tertiary/aromatic N) is 1. The number of carbonyl (C=O) groups excluding carboxylic acids is 1. The number of hydrogen-bond acceptors (Lipinski definition) is 3. The van der Waals surface area contributed by atoms with E-state index in [1.54, 1.807) is 6.07 Å². The second kappa shape index (κ2) is 4.09. The number of carbonyl (C=O) groups is 1. The molecule has 0 heterocycles. The number of nitriles is 1. The van der Waals surface area contributed by atoms with Crippen LogP contribution in [0, 0.1) is 11.3 Å². The third-order valence-electron chi connectivity index (χ3n) is 0.353. The van der Waals surface area contributed by atoms with Gasteiger partial charge in [-0.15, -0.1) is 0 Å². The first-order chi connectivity index (χ1) is 3.77. The molecule has 1 N–H and O–H groups in total. The van der Waals surface area contributed by atoms with E-state index in [1.165, 1.54) is 6.92 Å². The highest BCUT2D eigenvalue weighted by Crippen LogP contribution is 1.62. The molecule has 0 bridgehead atoms. The van der Waals surface area contributed by atoms with Gasteiger partial charge in [-0.2, -0.15) is 5.26 Å². The van der Waals surface area contributed by atoms with E-state index < -0.39 is 0 Å². The Hall–Kier alpha value is -1.08. The molecule has 0 aromatic carbocycles. The molecule has 8 heavy (non-hydrogen) atoms.